The lowest BCUT2D eigenvalue weighted by Gasteiger charge is -2.33. The first-order chi connectivity index (χ1) is 61.3. The van der Waals surface area contributed by atoms with Crippen molar-refractivity contribution < 1.29 is 123 Å². The van der Waals surface area contributed by atoms with Gasteiger partial charge in [-0.3, -0.25) is 47.9 Å². The highest BCUT2D eigenvalue weighted by Gasteiger charge is 2.50. The van der Waals surface area contributed by atoms with E-state index in [2.05, 4.69) is 48.8 Å². The normalized spacial score (nSPS) is 23.5. The van der Waals surface area contributed by atoms with Crippen molar-refractivity contribution in [1.82, 2.24) is 54.3 Å². The van der Waals surface area contributed by atoms with Crippen LogP contribution in [0.25, 0.3) is 4.85 Å². The van der Waals surface area contributed by atoms with Crippen LogP contribution in [0, 0.1) is 23.8 Å². The van der Waals surface area contributed by atoms with Crippen LogP contribution >= 0.6 is 0 Å². The second-order valence-electron chi connectivity index (χ2n) is 38.7. The minimum absolute atomic E-state index is 0.00583. The Balaban J connectivity index is 0.000000398. The number of amides is 9. The van der Waals surface area contributed by atoms with Crippen molar-refractivity contribution in [3.63, 3.8) is 0 Å². The Bertz CT molecular complexity index is 3620. The molecule has 40 nitrogen and oxygen atoms in total. The predicted molar refractivity (Wildman–Crippen MR) is 489 cm³/mol. The summed E-state index contributed by atoms with van der Waals surface area (Å²) in [7, 11) is -3.69. The van der Waals surface area contributed by atoms with Crippen LogP contribution in [0.3, 0.4) is 0 Å². The number of aliphatic carboxylic acids is 1. The number of unbranched alkanes of at least 4 members (excludes halogenated alkanes) is 5. The van der Waals surface area contributed by atoms with Crippen LogP contribution in [-0.4, -0.2) is 412 Å². The maximum atomic E-state index is 12.8. The topological polar surface area (TPSA) is 466 Å². The third-order valence-corrected chi connectivity index (χ3v) is 21.8. The SMILES string of the molecule is C1COCCN1.CC(C)(C)OC(=O)N1C[C@@H](CN)C[C@H]1C(=O)N1CCOCC1.CC(C)(C)OC(=O)N1C[C@H](O)C[C@H]1C(=O)N1CCOCC1.CC(C)(C)OC(=O)N1C[C@H](O)C[C@H]1C(=O)O.CC(C)(C)OC(=O)N1C[C@H](OS(C)(=O)=O)C[C@H]1C(=O)N1CCOCC1.CCCCC#N.CCCCN(CCCC)CCCC.[C-]#[N+][C@H]1C[C@@H](C(=O)N2CCOCC2)N(C(=O)OC(C)(C)C)C1. The number of likely N-dealkylation sites (tertiary alicyclic amines) is 5. The Hall–Kier alpha value is -7.81. The number of carboxylic acid groups (broad SMARTS) is 1. The lowest BCUT2D eigenvalue weighted by Crippen LogP contribution is -2.51. The molecule has 0 radical (unpaired) electrons. The van der Waals surface area contributed by atoms with E-state index in [1.54, 1.807) is 108 Å². The van der Waals surface area contributed by atoms with E-state index in [-0.39, 0.29) is 81.0 Å². The molecule has 41 heteroatoms. The zero-order valence-corrected chi connectivity index (χ0v) is 83.1. The minimum atomic E-state index is -3.69. The minimum Gasteiger partial charge on any atom is -0.480 e. The number of carboxylic acids is 1. The monoisotopic (exact) mass is 1890 g/mol. The smallest absolute Gasteiger partial charge is 0.411 e. The molecule has 10 heterocycles. The molecule has 754 valence electrons. The number of aliphatic hydroxyl groups is 2. The first-order valence-corrected chi connectivity index (χ1v) is 48.5. The summed E-state index contributed by atoms with van der Waals surface area (Å²) in [6.07, 6.45) is 8.23. The van der Waals surface area contributed by atoms with Gasteiger partial charge in [0, 0.05) is 97.7 Å². The van der Waals surface area contributed by atoms with Crippen LogP contribution in [0.2, 0.25) is 0 Å². The summed E-state index contributed by atoms with van der Waals surface area (Å²) in [5.74, 6) is -1.50. The van der Waals surface area contributed by atoms with E-state index in [1.165, 1.54) is 72.9 Å². The summed E-state index contributed by atoms with van der Waals surface area (Å²) in [4.78, 5) is 142. The number of carbonyl (C=O) groups is 10. The summed E-state index contributed by atoms with van der Waals surface area (Å²) in [5, 5.41) is 39.2. The molecule has 0 aromatic rings. The van der Waals surface area contributed by atoms with Gasteiger partial charge in [-0.1, -0.05) is 53.4 Å². The molecule has 0 aromatic carbocycles. The molecule has 9 amide bonds. The fourth-order valence-corrected chi connectivity index (χ4v) is 15.4. The number of nitriles is 1. The second-order valence-corrected chi connectivity index (χ2v) is 40.3. The molecule has 10 atom stereocenters. The van der Waals surface area contributed by atoms with Gasteiger partial charge >= 0.3 is 36.4 Å². The Kier molecular flexibility index (Phi) is 52.4. The van der Waals surface area contributed by atoms with E-state index < -0.39 is 123 Å². The van der Waals surface area contributed by atoms with Crippen molar-refractivity contribution >= 4 is 70.2 Å². The number of morpholine rings is 5. The summed E-state index contributed by atoms with van der Waals surface area (Å²) in [6.45, 7) is 59.7. The molecule has 10 rings (SSSR count). The third-order valence-electron chi connectivity index (χ3n) is 21.1. The van der Waals surface area contributed by atoms with E-state index in [0.717, 1.165) is 56.7 Å². The summed E-state index contributed by atoms with van der Waals surface area (Å²) in [6, 6.07) is -1.80. The molecule has 10 aliphatic heterocycles. The lowest BCUT2D eigenvalue weighted by atomic mass is 10.1. The highest BCUT2D eigenvalue weighted by atomic mass is 32.2. The van der Waals surface area contributed by atoms with Gasteiger partial charge in [0.15, 0.2) is 0 Å². The van der Waals surface area contributed by atoms with Crippen molar-refractivity contribution in [2.75, 3.05) is 197 Å². The largest absolute Gasteiger partial charge is 0.480 e. The molecular formula is C90H162N14O26S. The van der Waals surface area contributed by atoms with Crippen LogP contribution in [0.4, 0.5) is 24.0 Å². The van der Waals surface area contributed by atoms with E-state index in [4.69, 9.17) is 74.2 Å². The number of nitrogens with one attached hydrogen (secondary N) is 1. The molecule has 10 fully saturated rings. The number of ether oxygens (including phenoxy) is 10. The van der Waals surface area contributed by atoms with Gasteiger partial charge < -0.3 is 103 Å². The van der Waals surface area contributed by atoms with Crippen molar-refractivity contribution in [1.29, 1.82) is 5.26 Å². The number of hydrogen-bond acceptors (Lipinski definition) is 29. The van der Waals surface area contributed by atoms with Gasteiger partial charge in [-0.15, -0.1) is 0 Å². The van der Waals surface area contributed by atoms with E-state index in [9.17, 15) is 66.6 Å². The molecule has 0 spiro atoms. The standard InChI is InChI=1S/C15H23N3O4.C15H27N3O4.C15H26N2O7S.C14H24N2O5.C12H27N.C10H17NO5.C5H9N.C4H9NO/c1-15(2,3)22-14(20)18-10-11(16-4)9-12(18)13(19)17-5-7-21-8-6-17;1-15(2,3)22-14(20)18-10-11(9-16)8-12(18)13(19)17-4-6-21-7-5-17;1-15(2,3)23-14(19)17-10-11(24-25(4,20)21)9-12(17)13(18)16-5-7-22-8-6-16;1-14(2,3)21-13(19)16-9-10(17)8-11(16)12(18)15-4-6-20-7-5-15;1-4-7-10-13(11-8-5-2)12-9-6-3;1-10(2,3)16-9(15)11-5-6(12)4-7(11)8(13)14;1-2-3-4-5-6;1-3-6-4-2-5-1/h11-12H,5-10H2,1-3H3;11-12H,4-10,16H2,1-3H3;11-12H,5-10H2,1-4H3;10-11,17H,4-9H2,1-3H3;4-12H2,1-3H3;6-7,12H,4-5H2,1-3H3,(H,13,14);2-4H2,1H3;5H,1-4H2/t11-,12-;2*11-,12+;10-,11+;;6-,7+;;/m0111.1../s1. The van der Waals surface area contributed by atoms with Gasteiger partial charge in [0.25, 0.3) is 10.1 Å². The Morgan fingerprint density at radius 3 is 1.01 bits per heavy atom. The third kappa shape index (κ3) is 46.3. The lowest BCUT2D eigenvalue weighted by molar-refractivity contribution is -0.142. The molecule has 10 aliphatic rings. The summed E-state index contributed by atoms with van der Waals surface area (Å²) in [5.41, 5.74) is 2.51. The molecule has 0 aliphatic carbocycles. The molecular weight excluding hydrogens is 1730 g/mol. The summed E-state index contributed by atoms with van der Waals surface area (Å²) < 4.78 is 80.3. The van der Waals surface area contributed by atoms with Crippen molar-refractivity contribution in [2.24, 2.45) is 11.7 Å². The zero-order chi connectivity index (χ0) is 98.6. The molecule has 6 N–H and O–H groups in total. The van der Waals surface area contributed by atoms with Gasteiger partial charge in [-0.2, -0.15) is 13.7 Å². The Morgan fingerprint density at radius 2 is 0.733 bits per heavy atom. The second kappa shape index (κ2) is 58.5. The van der Waals surface area contributed by atoms with Crippen LogP contribution in [0.5, 0.6) is 0 Å². The van der Waals surface area contributed by atoms with E-state index in [1.807, 2.05) is 20.8 Å². The van der Waals surface area contributed by atoms with Crippen molar-refractivity contribution in [3.8, 4) is 6.07 Å². The van der Waals surface area contributed by atoms with Crippen molar-refractivity contribution in [3.05, 3.63) is 11.4 Å². The van der Waals surface area contributed by atoms with Crippen LogP contribution in [0.15, 0.2) is 0 Å². The van der Waals surface area contributed by atoms with Gasteiger partial charge in [-0.05, 0) is 168 Å². The fraction of sp³-hybridized carbons (Fsp3) is 0.867. The van der Waals surface area contributed by atoms with Gasteiger partial charge in [0.05, 0.1) is 123 Å². The average molecular weight is 1890 g/mol. The predicted octanol–water partition coefficient (Wildman–Crippen LogP) is 7.42. The number of nitrogens with two attached hydrogens (primary N) is 1. The van der Waals surface area contributed by atoms with Crippen LogP contribution in [-0.2, 0) is 85.6 Å². The maximum Gasteiger partial charge on any atom is 0.411 e. The molecule has 0 saturated carbocycles. The summed E-state index contributed by atoms with van der Waals surface area (Å²) >= 11 is 0. The van der Waals surface area contributed by atoms with E-state index >= 15 is 0 Å². The number of rotatable bonds is 19. The highest BCUT2D eigenvalue weighted by molar-refractivity contribution is 7.86. The molecule has 0 bridgehead atoms. The van der Waals surface area contributed by atoms with Crippen LogP contribution < -0.4 is 11.1 Å². The number of nitrogens with zero attached hydrogens (tertiary/aromatic N) is 12. The number of β-amino-alcohol motifs (C(OH)–C–C–N with tert-alkyl or cyclic N) is 2. The fourth-order valence-electron chi connectivity index (χ4n) is 14.8. The molecule has 0 unspecified atom stereocenters. The van der Waals surface area contributed by atoms with Crippen molar-refractivity contribution in [2.45, 2.75) is 304 Å². The van der Waals surface area contributed by atoms with Gasteiger partial charge in [0.2, 0.25) is 29.7 Å². The Morgan fingerprint density at radius 1 is 0.443 bits per heavy atom. The molecule has 10 saturated heterocycles. The zero-order valence-electron chi connectivity index (χ0n) is 82.3. The van der Waals surface area contributed by atoms with Gasteiger partial charge in [0.1, 0.15) is 64.8 Å². The number of carbonyl (C=O) groups excluding carboxylic acids is 9. The Labute approximate surface area is 779 Å². The number of aliphatic hydroxyl groups excluding tert-OH is 2. The first kappa shape index (κ1) is 117. The maximum absolute atomic E-state index is 12.8. The number of hydrogen-bond donors (Lipinski definition) is 5. The van der Waals surface area contributed by atoms with Gasteiger partial charge in [-0.25, -0.2) is 35.3 Å². The van der Waals surface area contributed by atoms with Crippen LogP contribution in [0.1, 0.15) is 221 Å². The quantitative estimate of drug-likeness (QED) is 0.0363. The molecule has 0 aromatic heterocycles. The molecule has 131 heavy (non-hydrogen) atoms. The average Bonchev–Trinajstić information content (AvgIpc) is 1.68. The van der Waals surface area contributed by atoms with E-state index in [0.29, 0.717) is 131 Å². The first-order valence-electron chi connectivity index (χ1n) is 46.7. The highest BCUT2D eigenvalue weighted by Crippen LogP contribution is 2.31.